The molecule has 8 heteroatoms. The zero-order valence-electron chi connectivity index (χ0n) is 9.35. The summed E-state index contributed by atoms with van der Waals surface area (Å²) < 4.78 is 27.2. The zero-order valence-corrected chi connectivity index (χ0v) is 11.0. The highest BCUT2D eigenvalue weighted by atomic mass is 32.2. The van der Waals surface area contributed by atoms with Crippen molar-refractivity contribution in [1.82, 2.24) is 13.9 Å². The lowest BCUT2D eigenvalue weighted by molar-refractivity contribution is 0.208. The summed E-state index contributed by atoms with van der Waals surface area (Å²) in [4.78, 5) is 2.50. The van der Waals surface area contributed by atoms with Gasteiger partial charge < -0.3 is 5.73 Å². The highest BCUT2D eigenvalue weighted by Gasteiger charge is 2.25. The number of piperazine rings is 1. The SMILES string of the molecule is CCNS(=O)(=O)N1CCN(CC(N)=S)CC1. The molecule has 0 atom stereocenters. The van der Waals surface area contributed by atoms with Gasteiger partial charge in [0.25, 0.3) is 10.2 Å². The molecule has 0 spiro atoms. The van der Waals surface area contributed by atoms with E-state index < -0.39 is 10.2 Å². The molecule has 1 aliphatic heterocycles. The van der Waals surface area contributed by atoms with Crippen molar-refractivity contribution >= 4 is 27.4 Å². The molecule has 1 heterocycles. The van der Waals surface area contributed by atoms with Crippen LogP contribution in [0.5, 0.6) is 0 Å². The van der Waals surface area contributed by atoms with Gasteiger partial charge in [0.1, 0.15) is 0 Å². The van der Waals surface area contributed by atoms with Crippen LogP contribution in [0, 0.1) is 0 Å². The third kappa shape index (κ3) is 3.95. The third-order valence-electron chi connectivity index (χ3n) is 2.38. The predicted molar refractivity (Wildman–Crippen MR) is 67.4 cm³/mol. The van der Waals surface area contributed by atoms with Gasteiger partial charge in [0.05, 0.1) is 4.99 Å². The minimum absolute atomic E-state index is 0.412. The van der Waals surface area contributed by atoms with Gasteiger partial charge in [-0.2, -0.15) is 12.7 Å². The Kier molecular flexibility index (Phi) is 5.06. The quantitative estimate of drug-likeness (QED) is 0.608. The maximum atomic E-state index is 11.7. The van der Waals surface area contributed by atoms with E-state index in [1.54, 1.807) is 6.92 Å². The molecule has 0 saturated carbocycles. The van der Waals surface area contributed by atoms with Gasteiger partial charge in [0.15, 0.2) is 0 Å². The maximum Gasteiger partial charge on any atom is 0.279 e. The second-order valence-corrected chi connectivity index (χ2v) is 5.92. The fraction of sp³-hybridized carbons (Fsp3) is 0.875. The standard InChI is InChI=1S/C8H18N4O2S2/c1-2-10-16(13,14)12-5-3-11(4-6-12)7-8(9)15/h10H,2-7H2,1H3,(H2,9,15). The summed E-state index contributed by atoms with van der Waals surface area (Å²) in [6.45, 7) is 5.04. The predicted octanol–water partition coefficient (Wildman–Crippen LogP) is -1.26. The molecule has 0 aromatic heterocycles. The van der Waals surface area contributed by atoms with E-state index in [1.807, 2.05) is 0 Å². The minimum Gasteiger partial charge on any atom is -0.392 e. The van der Waals surface area contributed by atoms with E-state index in [1.165, 1.54) is 4.31 Å². The molecule has 1 fully saturated rings. The number of hydrogen-bond acceptors (Lipinski definition) is 4. The normalized spacial score (nSPS) is 19.8. The van der Waals surface area contributed by atoms with Crippen LogP contribution in [0.4, 0.5) is 0 Å². The number of hydrogen-bond donors (Lipinski definition) is 2. The van der Waals surface area contributed by atoms with Crippen LogP contribution in [-0.2, 0) is 10.2 Å². The average molecular weight is 266 g/mol. The molecule has 0 aliphatic carbocycles. The molecule has 1 saturated heterocycles. The Bertz CT molecular complexity index is 336. The van der Waals surface area contributed by atoms with E-state index in [-0.39, 0.29) is 0 Å². The van der Waals surface area contributed by atoms with Crippen molar-refractivity contribution in [2.75, 3.05) is 39.3 Å². The molecule has 0 unspecified atom stereocenters. The molecular formula is C8H18N4O2S2. The Hall–Kier alpha value is -0.280. The van der Waals surface area contributed by atoms with Crippen molar-refractivity contribution in [3.63, 3.8) is 0 Å². The average Bonchev–Trinajstić information content (AvgIpc) is 2.17. The van der Waals surface area contributed by atoms with Crippen molar-refractivity contribution in [2.45, 2.75) is 6.92 Å². The second kappa shape index (κ2) is 5.87. The first kappa shape index (κ1) is 13.8. The van der Waals surface area contributed by atoms with Crippen molar-refractivity contribution in [3.8, 4) is 0 Å². The molecule has 3 N–H and O–H groups in total. The lowest BCUT2D eigenvalue weighted by Gasteiger charge is -2.33. The third-order valence-corrected chi connectivity index (χ3v) is 4.20. The van der Waals surface area contributed by atoms with Gasteiger partial charge in [-0.25, -0.2) is 4.72 Å². The molecule has 0 aromatic carbocycles. The number of nitrogens with one attached hydrogen (secondary N) is 1. The number of nitrogens with two attached hydrogens (primary N) is 1. The van der Waals surface area contributed by atoms with Crippen LogP contribution in [0.1, 0.15) is 6.92 Å². The van der Waals surface area contributed by atoms with E-state index in [9.17, 15) is 8.42 Å². The highest BCUT2D eigenvalue weighted by molar-refractivity contribution is 7.87. The summed E-state index contributed by atoms with van der Waals surface area (Å²) >= 11 is 4.81. The Labute approximate surface area is 102 Å². The molecule has 0 radical (unpaired) electrons. The van der Waals surface area contributed by atoms with Crippen LogP contribution in [-0.4, -0.2) is 61.9 Å². The van der Waals surface area contributed by atoms with E-state index in [4.69, 9.17) is 18.0 Å². The van der Waals surface area contributed by atoms with Gasteiger partial charge >= 0.3 is 0 Å². The molecular weight excluding hydrogens is 248 g/mol. The molecule has 6 nitrogen and oxygen atoms in total. The Balaban J connectivity index is 2.46. The van der Waals surface area contributed by atoms with Gasteiger partial charge in [0.2, 0.25) is 0 Å². The lowest BCUT2D eigenvalue weighted by atomic mass is 10.3. The Morgan fingerprint density at radius 3 is 2.38 bits per heavy atom. The zero-order chi connectivity index (χ0) is 12.2. The minimum atomic E-state index is -3.29. The van der Waals surface area contributed by atoms with Crippen LogP contribution < -0.4 is 10.5 Å². The van der Waals surface area contributed by atoms with Gasteiger partial charge in [-0.1, -0.05) is 19.1 Å². The summed E-state index contributed by atoms with van der Waals surface area (Å²) in [5.41, 5.74) is 5.44. The monoisotopic (exact) mass is 266 g/mol. The molecule has 94 valence electrons. The number of thiocarbonyl (C=S) groups is 1. The summed E-state index contributed by atoms with van der Waals surface area (Å²) in [6, 6.07) is 0. The number of nitrogens with zero attached hydrogens (tertiary/aromatic N) is 2. The van der Waals surface area contributed by atoms with Crippen LogP contribution in [0.2, 0.25) is 0 Å². The smallest absolute Gasteiger partial charge is 0.279 e. The van der Waals surface area contributed by atoms with Gasteiger partial charge in [-0.05, 0) is 0 Å². The van der Waals surface area contributed by atoms with Gasteiger partial charge in [-0.3, -0.25) is 4.90 Å². The maximum absolute atomic E-state index is 11.7. The van der Waals surface area contributed by atoms with Crippen LogP contribution in [0.15, 0.2) is 0 Å². The second-order valence-electron chi connectivity index (χ2n) is 3.64. The summed E-state index contributed by atoms with van der Waals surface area (Å²) in [5.74, 6) is 0. The molecule has 1 rings (SSSR count). The molecule has 16 heavy (non-hydrogen) atoms. The Morgan fingerprint density at radius 1 is 1.38 bits per heavy atom. The summed E-state index contributed by atoms with van der Waals surface area (Å²) in [6.07, 6.45) is 0. The fourth-order valence-electron chi connectivity index (χ4n) is 1.62. The first-order valence-electron chi connectivity index (χ1n) is 5.21. The van der Waals surface area contributed by atoms with E-state index >= 15 is 0 Å². The van der Waals surface area contributed by atoms with Gasteiger partial charge in [0, 0.05) is 39.3 Å². The molecule has 0 aromatic rings. The summed E-state index contributed by atoms with van der Waals surface area (Å²) in [7, 11) is -3.29. The molecule has 0 amide bonds. The van der Waals surface area contributed by atoms with Crippen molar-refractivity contribution in [2.24, 2.45) is 5.73 Å². The largest absolute Gasteiger partial charge is 0.392 e. The highest BCUT2D eigenvalue weighted by Crippen LogP contribution is 2.05. The van der Waals surface area contributed by atoms with E-state index in [0.29, 0.717) is 44.3 Å². The van der Waals surface area contributed by atoms with Crippen molar-refractivity contribution in [1.29, 1.82) is 0 Å². The van der Waals surface area contributed by atoms with Crippen molar-refractivity contribution in [3.05, 3.63) is 0 Å². The van der Waals surface area contributed by atoms with Crippen LogP contribution in [0.25, 0.3) is 0 Å². The molecule has 1 aliphatic rings. The first-order valence-corrected chi connectivity index (χ1v) is 7.06. The number of rotatable bonds is 5. The Morgan fingerprint density at radius 2 is 1.94 bits per heavy atom. The van der Waals surface area contributed by atoms with Crippen LogP contribution >= 0.6 is 12.2 Å². The first-order chi connectivity index (χ1) is 7.45. The van der Waals surface area contributed by atoms with Crippen molar-refractivity contribution < 1.29 is 8.42 Å². The van der Waals surface area contributed by atoms with Gasteiger partial charge in [-0.15, -0.1) is 0 Å². The summed E-state index contributed by atoms with van der Waals surface area (Å²) in [5, 5.41) is 0. The fourth-order valence-corrected chi connectivity index (χ4v) is 3.00. The molecule has 0 bridgehead atoms. The van der Waals surface area contributed by atoms with Crippen LogP contribution in [0.3, 0.4) is 0 Å². The van der Waals surface area contributed by atoms with E-state index in [0.717, 1.165) is 0 Å². The van der Waals surface area contributed by atoms with E-state index in [2.05, 4.69) is 9.62 Å². The lowest BCUT2D eigenvalue weighted by Crippen LogP contribution is -2.53. The topological polar surface area (TPSA) is 78.7 Å².